The van der Waals surface area contributed by atoms with Crippen LogP contribution in [0.2, 0.25) is 0 Å². The van der Waals surface area contributed by atoms with Gasteiger partial charge in [0.2, 0.25) is 5.91 Å². The van der Waals surface area contributed by atoms with E-state index < -0.39 is 26.5 Å². The molecule has 9 heteroatoms. The number of hydrogen-bond donors (Lipinski definition) is 1. The van der Waals surface area contributed by atoms with Gasteiger partial charge in [0.1, 0.15) is 4.88 Å². The van der Waals surface area contributed by atoms with Gasteiger partial charge in [0.05, 0.1) is 17.2 Å². The van der Waals surface area contributed by atoms with Crippen LogP contribution in [0, 0.1) is 6.92 Å². The number of rotatable bonds is 6. The van der Waals surface area contributed by atoms with E-state index in [4.69, 9.17) is 4.74 Å². The highest BCUT2D eigenvalue weighted by molar-refractivity contribution is 7.93. The number of carbonyl (C=O) groups is 2. The van der Waals surface area contributed by atoms with E-state index in [1.165, 1.54) is 12.1 Å². The molecule has 1 fully saturated rings. The first-order valence-corrected chi connectivity index (χ1v) is 11.4. The Bertz CT molecular complexity index is 977. The van der Waals surface area contributed by atoms with Crippen LogP contribution in [0.1, 0.15) is 48.0 Å². The molecule has 0 bridgehead atoms. The second kappa shape index (κ2) is 8.00. The van der Waals surface area contributed by atoms with Crippen molar-refractivity contribution < 1.29 is 22.7 Å². The molecule has 3 rings (SSSR count). The van der Waals surface area contributed by atoms with Crippen LogP contribution in [0.25, 0.3) is 0 Å². The molecule has 1 N–H and O–H groups in total. The zero-order valence-electron chi connectivity index (χ0n) is 15.7. The second-order valence-corrected chi connectivity index (χ2v) is 9.88. The zero-order chi connectivity index (χ0) is 20.4. The fraction of sp³-hybridized carbons (Fsp3) is 0.421. The predicted molar refractivity (Wildman–Crippen MR) is 106 cm³/mol. The second-order valence-electron chi connectivity index (χ2n) is 6.63. The van der Waals surface area contributed by atoms with Crippen LogP contribution in [-0.2, 0) is 19.4 Å². The number of hydrogen-bond acceptors (Lipinski definition) is 7. The molecule has 150 valence electrons. The van der Waals surface area contributed by atoms with Crippen LogP contribution in [0.15, 0.2) is 35.2 Å². The van der Waals surface area contributed by atoms with Crippen LogP contribution < -0.4 is 5.32 Å². The van der Waals surface area contributed by atoms with E-state index in [2.05, 4.69) is 10.3 Å². The molecule has 1 aliphatic rings. The van der Waals surface area contributed by atoms with Crippen molar-refractivity contribution in [2.24, 2.45) is 0 Å². The van der Waals surface area contributed by atoms with Crippen molar-refractivity contribution >= 4 is 38.2 Å². The molecule has 1 aromatic heterocycles. The number of ether oxygens (including phenoxy) is 1. The largest absolute Gasteiger partial charge is 0.462 e. The Morgan fingerprint density at radius 1 is 1.21 bits per heavy atom. The average Bonchev–Trinajstić information content (AvgIpc) is 3.31. The van der Waals surface area contributed by atoms with Crippen molar-refractivity contribution in [2.45, 2.75) is 49.2 Å². The molecule has 0 spiro atoms. The van der Waals surface area contributed by atoms with Gasteiger partial charge < -0.3 is 10.1 Å². The lowest BCUT2D eigenvalue weighted by molar-refractivity contribution is -0.118. The van der Waals surface area contributed by atoms with Crippen LogP contribution in [0.4, 0.5) is 5.13 Å². The van der Waals surface area contributed by atoms with Crippen LogP contribution in [0.3, 0.4) is 0 Å². The molecule has 28 heavy (non-hydrogen) atoms. The van der Waals surface area contributed by atoms with Crippen molar-refractivity contribution in [3.63, 3.8) is 0 Å². The molecular formula is C19H22N2O5S2. The van der Waals surface area contributed by atoms with Crippen LogP contribution >= 0.6 is 11.3 Å². The number of aryl methyl sites for hydroxylation is 1. The van der Waals surface area contributed by atoms with Gasteiger partial charge in [-0.1, -0.05) is 42.4 Å². The molecular weight excluding hydrogens is 400 g/mol. The minimum atomic E-state index is -3.87. The number of thiazole rings is 1. The summed E-state index contributed by atoms with van der Waals surface area (Å²) >= 11 is 0.987. The van der Waals surface area contributed by atoms with Gasteiger partial charge in [0, 0.05) is 0 Å². The SMILES string of the molecule is CCOC(=O)c1sc(NC(=O)C2(S(=O)(=O)c3ccccc3)CCCC2)nc1C. The quantitative estimate of drug-likeness (QED) is 0.716. The summed E-state index contributed by atoms with van der Waals surface area (Å²) < 4.78 is 30.1. The molecule has 1 saturated carbocycles. The minimum absolute atomic E-state index is 0.134. The van der Waals surface area contributed by atoms with Crippen molar-refractivity contribution in [3.8, 4) is 0 Å². The average molecular weight is 423 g/mol. The Balaban J connectivity index is 1.91. The zero-order valence-corrected chi connectivity index (χ0v) is 17.4. The number of aromatic nitrogens is 1. The summed E-state index contributed by atoms with van der Waals surface area (Å²) in [5, 5.41) is 2.83. The highest BCUT2D eigenvalue weighted by Gasteiger charge is 2.53. The maximum absolute atomic E-state index is 13.3. The summed E-state index contributed by atoms with van der Waals surface area (Å²) in [6.07, 6.45) is 1.82. The maximum Gasteiger partial charge on any atom is 0.350 e. The smallest absolute Gasteiger partial charge is 0.350 e. The van der Waals surface area contributed by atoms with Gasteiger partial charge in [0.25, 0.3) is 0 Å². The standard InChI is InChI=1S/C19H22N2O5S2/c1-3-26-16(22)15-13(2)20-18(27-15)21-17(23)19(11-7-8-12-19)28(24,25)14-9-5-4-6-10-14/h4-6,9-10H,3,7-8,11-12H2,1-2H3,(H,20,21,23). The summed E-state index contributed by atoms with van der Waals surface area (Å²) in [5.74, 6) is -1.11. The summed E-state index contributed by atoms with van der Waals surface area (Å²) in [6.45, 7) is 3.58. The first-order chi connectivity index (χ1) is 13.3. The topological polar surface area (TPSA) is 102 Å². The number of carbonyl (C=O) groups excluding carboxylic acids is 2. The molecule has 1 aromatic carbocycles. The number of esters is 1. The van der Waals surface area contributed by atoms with E-state index in [0.717, 1.165) is 11.3 Å². The third-order valence-electron chi connectivity index (χ3n) is 4.87. The normalized spacial score (nSPS) is 15.9. The van der Waals surface area contributed by atoms with E-state index in [0.29, 0.717) is 23.4 Å². The lowest BCUT2D eigenvalue weighted by atomic mass is 10.1. The Hall–Kier alpha value is -2.26. The summed E-state index contributed by atoms with van der Waals surface area (Å²) in [6, 6.07) is 8.03. The molecule has 0 atom stereocenters. The van der Waals surface area contributed by atoms with Gasteiger partial charge in [-0.05, 0) is 38.8 Å². The minimum Gasteiger partial charge on any atom is -0.462 e. The van der Waals surface area contributed by atoms with Crippen molar-refractivity contribution in [2.75, 3.05) is 11.9 Å². The molecule has 1 aliphatic carbocycles. The number of sulfone groups is 1. The van der Waals surface area contributed by atoms with E-state index in [-0.39, 0.29) is 29.5 Å². The van der Waals surface area contributed by atoms with Gasteiger partial charge in [-0.2, -0.15) is 0 Å². The van der Waals surface area contributed by atoms with Gasteiger partial charge in [-0.25, -0.2) is 18.2 Å². The molecule has 2 aromatic rings. The Labute approximate surface area is 168 Å². The fourth-order valence-corrected chi connectivity index (χ4v) is 6.38. The van der Waals surface area contributed by atoms with E-state index in [1.807, 2.05) is 0 Å². The lowest BCUT2D eigenvalue weighted by Crippen LogP contribution is -2.47. The number of amides is 1. The van der Waals surface area contributed by atoms with Crippen LogP contribution in [0.5, 0.6) is 0 Å². The molecule has 0 saturated heterocycles. The highest BCUT2D eigenvalue weighted by atomic mass is 32.2. The number of nitrogens with one attached hydrogen (secondary N) is 1. The first-order valence-electron chi connectivity index (χ1n) is 9.07. The number of anilines is 1. The summed E-state index contributed by atoms with van der Waals surface area (Å²) in [7, 11) is -3.87. The third kappa shape index (κ3) is 3.56. The lowest BCUT2D eigenvalue weighted by Gasteiger charge is -2.27. The van der Waals surface area contributed by atoms with Crippen molar-refractivity contribution in [3.05, 3.63) is 40.9 Å². The summed E-state index contributed by atoms with van der Waals surface area (Å²) in [4.78, 5) is 29.7. The number of benzene rings is 1. The Kier molecular flexibility index (Phi) is 5.85. The molecule has 1 amide bonds. The molecule has 7 nitrogen and oxygen atoms in total. The van der Waals surface area contributed by atoms with Gasteiger partial charge in [0.15, 0.2) is 19.7 Å². The highest BCUT2D eigenvalue weighted by Crippen LogP contribution is 2.41. The first kappa shape index (κ1) is 20.5. The number of nitrogens with zero attached hydrogens (tertiary/aromatic N) is 1. The summed E-state index contributed by atoms with van der Waals surface area (Å²) in [5.41, 5.74) is 0.435. The van der Waals surface area contributed by atoms with E-state index in [9.17, 15) is 18.0 Å². The van der Waals surface area contributed by atoms with Crippen molar-refractivity contribution in [1.82, 2.24) is 4.98 Å². The van der Waals surface area contributed by atoms with Gasteiger partial charge >= 0.3 is 5.97 Å². The molecule has 0 unspecified atom stereocenters. The Morgan fingerprint density at radius 3 is 2.46 bits per heavy atom. The Morgan fingerprint density at radius 2 is 1.86 bits per heavy atom. The fourth-order valence-electron chi connectivity index (χ4n) is 3.44. The maximum atomic E-state index is 13.3. The van der Waals surface area contributed by atoms with E-state index >= 15 is 0 Å². The van der Waals surface area contributed by atoms with Crippen molar-refractivity contribution in [1.29, 1.82) is 0 Å². The predicted octanol–water partition coefficient (Wildman–Crippen LogP) is 3.35. The van der Waals surface area contributed by atoms with Gasteiger partial charge in [-0.3, -0.25) is 4.79 Å². The van der Waals surface area contributed by atoms with Crippen LogP contribution in [-0.4, -0.2) is 36.6 Å². The molecule has 1 heterocycles. The third-order valence-corrected chi connectivity index (χ3v) is 8.44. The molecule has 0 radical (unpaired) electrons. The van der Waals surface area contributed by atoms with E-state index in [1.54, 1.807) is 32.0 Å². The monoisotopic (exact) mass is 422 g/mol. The van der Waals surface area contributed by atoms with Gasteiger partial charge in [-0.15, -0.1) is 0 Å². The molecule has 0 aliphatic heterocycles.